The van der Waals surface area contributed by atoms with Crippen molar-refractivity contribution in [2.24, 2.45) is 0 Å². The van der Waals surface area contributed by atoms with Crippen molar-refractivity contribution in [1.82, 2.24) is 4.98 Å². The Morgan fingerprint density at radius 3 is 2.37 bits per heavy atom. The van der Waals surface area contributed by atoms with Crippen LogP contribution >= 0.6 is 0 Å². The Balaban J connectivity index is 1.06. The zero-order valence-corrected chi connectivity index (χ0v) is 22.2. The van der Waals surface area contributed by atoms with Gasteiger partial charge in [0.15, 0.2) is 6.29 Å². The molecule has 2 aromatic rings. The largest absolute Gasteiger partial charge is 0.494 e. The number of aliphatic hydroxyl groups is 4. The van der Waals surface area contributed by atoms with E-state index >= 15 is 0 Å². The van der Waals surface area contributed by atoms with Gasteiger partial charge in [0.25, 0.3) is 0 Å². The van der Waals surface area contributed by atoms with Gasteiger partial charge in [0.1, 0.15) is 36.0 Å². The molecule has 1 aromatic heterocycles. The van der Waals surface area contributed by atoms with E-state index in [1.807, 2.05) is 12.1 Å². The summed E-state index contributed by atoms with van der Waals surface area (Å²) in [5.74, 6) is 1.83. The Morgan fingerprint density at radius 2 is 1.61 bits per heavy atom. The lowest BCUT2D eigenvalue weighted by Crippen LogP contribution is -2.59. The number of unbranched alkanes of at least 4 members (excludes halogenated alkanes) is 5. The Bertz CT molecular complexity index is 971. The first-order chi connectivity index (χ1) is 18.5. The second kappa shape index (κ2) is 15.0. The van der Waals surface area contributed by atoms with Crippen molar-refractivity contribution in [2.75, 3.05) is 25.1 Å². The van der Waals surface area contributed by atoms with Crippen molar-refractivity contribution in [2.45, 2.75) is 107 Å². The van der Waals surface area contributed by atoms with Crippen molar-refractivity contribution in [3.05, 3.63) is 30.3 Å². The van der Waals surface area contributed by atoms with Gasteiger partial charge < -0.3 is 40.0 Å². The summed E-state index contributed by atoms with van der Waals surface area (Å²) in [6.07, 6.45) is 6.44. The van der Waals surface area contributed by atoms with E-state index in [1.54, 1.807) is 0 Å². The predicted molar refractivity (Wildman–Crippen MR) is 145 cm³/mol. The standard InChI is InChI=1S/C29H44N2O7/c32-19-24-26(33)28(27(34)29(35)38-24)37-17-9-4-2-1-3-8-16-36-22-13-14-23-20(18-22)12-15-25(31-23)30-21-10-6-5-7-11-21/h12-15,18,21,24,26-29,32-35H,1-11,16-17,19H2,(H,30,31)/t24-,26-,27-,28+,29?/m1/s1. The first-order valence-electron chi connectivity index (χ1n) is 14.3. The fourth-order valence-corrected chi connectivity index (χ4v) is 5.31. The van der Waals surface area contributed by atoms with E-state index in [9.17, 15) is 20.4 Å². The van der Waals surface area contributed by atoms with Gasteiger partial charge in [-0.2, -0.15) is 0 Å². The van der Waals surface area contributed by atoms with Crippen LogP contribution in [0, 0.1) is 0 Å². The molecule has 2 fully saturated rings. The van der Waals surface area contributed by atoms with E-state index in [0.29, 0.717) is 19.3 Å². The molecule has 2 heterocycles. The highest BCUT2D eigenvalue weighted by atomic mass is 16.6. The Labute approximate surface area is 225 Å². The summed E-state index contributed by atoms with van der Waals surface area (Å²) in [4.78, 5) is 4.78. The van der Waals surface area contributed by atoms with Crippen LogP contribution in [0.3, 0.4) is 0 Å². The maximum absolute atomic E-state index is 10.1. The Kier molecular flexibility index (Phi) is 11.4. The molecule has 212 valence electrons. The number of aliphatic hydroxyl groups excluding tert-OH is 4. The average Bonchev–Trinajstić information content (AvgIpc) is 2.94. The van der Waals surface area contributed by atoms with Crippen LogP contribution in [0.2, 0.25) is 0 Å². The minimum atomic E-state index is -1.48. The van der Waals surface area contributed by atoms with Crippen molar-refractivity contribution < 1.29 is 34.6 Å². The number of pyridine rings is 1. The van der Waals surface area contributed by atoms with Gasteiger partial charge in [0.05, 0.1) is 18.7 Å². The highest BCUT2D eigenvalue weighted by Crippen LogP contribution is 2.25. The smallest absolute Gasteiger partial charge is 0.184 e. The predicted octanol–water partition coefficient (Wildman–Crippen LogP) is 3.52. The second-order valence-corrected chi connectivity index (χ2v) is 10.6. The third-order valence-corrected chi connectivity index (χ3v) is 7.58. The normalized spacial score (nSPS) is 26.5. The van der Waals surface area contributed by atoms with Crippen molar-refractivity contribution in [1.29, 1.82) is 0 Å². The summed E-state index contributed by atoms with van der Waals surface area (Å²) < 4.78 is 16.5. The van der Waals surface area contributed by atoms with Gasteiger partial charge in [-0.05, 0) is 56.0 Å². The molecular weight excluding hydrogens is 488 g/mol. The number of ether oxygens (including phenoxy) is 3. The minimum Gasteiger partial charge on any atom is -0.494 e. The third kappa shape index (κ3) is 8.24. The molecule has 0 radical (unpaired) electrons. The zero-order valence-electron chi connectivity index (χ0n) is 22.2. The maximum Gasteiger partial charge on any atom is 0.184 e. The van der Waals surface area contributed by atoms with Gasteiger partial charge in [-0.3, -0.25) is 0 Å². The van der Waals surface area contributed by atoms with Gasteiger partial charge in [0.2, 0.25) is 0 Å². The molecule has 1 saturated heterocycles. The highest BCUT2D eigenvalue weighted by molar-refractivity contribution is 5.81. The SMILES string of the molecule is OC[C@H]1OC(O)[C@H](O)[C@@H](OCCCCCCCCOc2ccc3nc(NC4CCCCC4)ccc3c2)[C@@H]1O. The number of benzene rings is 1. The van der Waals surface area contributed by atoms with Gasteiger partial charge in [-0.15, -0.1) is 0 Å². The molecule has 1 aliphatic heterocycles. The van der Waals surface area contributed by atoms with Crippen LogP contribution in [-0.2, 0) is 9.47 Å². The van der Waals surface area contributed by atoms with Crippen LogP contribution in [0.4, 0.5) is 5.82 Å². The number of fused-ring (bicyclic) bond motifs is 1. The lowest BCUT2D eigenvalue weighted by Gasteiger charge is -2.39. The van der Waals surface area contributed by atoms with Crippen LogP contribution in [-0.4, -0.2) is 82.0 Å². The monoisotopic (exact) mass is 532 g/mol. The van der Waals surface area contributed by atoms with Gasteiger partial charge in [0, 0.05) is 18.0 Å². The van der Waals surface area contributed by atoms with E-state index < -0.39 is 37.3 Å². The van der Waals surface area contributed by atoms with Crippen molar-refractivity contribution in [3.63, 3.8) is 0 Å². The zero-order chi connectivity index (χ0) is 26.7. The number of nitrogens with one attached hydrogen (secondary N) is 1. The van der Waals surface area contributed by atoms with Crippen molar-refractivity contribution >= 4 is 16.7 Å². The molecule has 0 amide bonds. The Hall–Kier alpha value is -2.01. The highest BCUT2D eigenvalue weighted by Gasteiger charge is 2.44. The summed E-state index contributed by atoms with van der Waals surface area (Å²) in [5, 5.41) is 43.7. The summed E-state index contributed by atoms with van der Waals surface area (Å²) >= 11 is 0. The summed E-state index contributed by atoms with van der Waals surface area (Å²) in [7, 11) is 0. The lowest BCUT2D eigenvalue weighted by atomic mass is 9.95. The lowest BCUT2D eigenvalue weighted by molar-refractivity contribution is -0.294. The van der Waals surface area contributed by atoms with Crippen molar-refractivity contribution in [3.8, 4) is 5.75 Å². The molecule has 1 aliphatic carbocycles. The molecule has 9 nitrogen and oxygen atoms in total. The molecule has 1 saturated carbocycles. The summed E-state index contributed by atoms with van der Waals surface area (Å²) in [6.45, 7) is 0.588. The fourth-order valence-electron chi connectivity index (χ4n) is 5.31. The van der Waals surface area contributed by atoms with Crippen LogP contribution < -0.4 is 10.1 Å². The molecule has 5 atom stereocenters. The van der Waals surface area contributed by atoms with Crippen LogP contribution in [0.1, 0.15) is 70.6 Å². The first-order valence-corrected chi connectivity index (χ1v) is 14.3. The van der Waals surface area contributed by atoms with E-state index in [1.165, 1.54) is 32.1 Å². The Morgan fingerprint density at radius 1 is 0.868 bits per heavy atom. The molecule has 0 bridgehead atoms. The van der Waals surface area contributed by atoms with E-state index in [4.69, 9.17) is 19.2 Å². The van der Waals surface area contributed by atoms with E-state index in [0.717, 1.165) is 61.0 Å². The molecule has 5 N–H and O–H groups in total. The summed E-state index contributed by atoms with van der Waals surface area (Å²) in [6, 6.07) is 10.8. The maximum atomic E-state index is 10.1. The third-order valence-electron chi connectivity index (χ3n) is 7.58. The summed E-state index contributed by atoms with van der Waals surface area (Å²) in [5.41, 5.74) is 0.979. The number of hydrogen-bond acceptors (Lipinski definition) is 9. The van der Waals surface area contributed by atoms with E-state index in [-0.39, 0.29) is 0 Å². The van der Waals surface area contributed by atoms with Gasteiger partial charge in [-0.1, -0.05) is 44.9 Å². The molecule has 1 unspecified atom stereocenters. The number of aromatic nitrogens is 1. The number of nitrogens with zero attached hydrogens (tertiary/aromatic N) is 1. The molecular formula is C29H44N2O7. The fraction of sp³-hybridized carbons (Fsp3) is 0.690. The van der Waals surface area contributed by atoms with Crippen LogP contribution in [0.25, 0.3) is 10.9 Å². The number of anilines is 1. The first kappa shape index (κ1) is 29.0. The molecule has 9 heteroatoms. The second-order valence-electron chi connectivity index (χ2n) is 10.6. The van der Waals surface area contributed by atoms with Gasteiger partial charge >= 0.3 is 0 Å². The molecule has 1 aromatic carbocycles. The topological polar surface area (TPSA) is 134 Å². The minimum absolute atomic E-state index is 0.363. The van der Waals surface area contributed by atoms with Gasteiger partial charge in [-0.25, -0.2) is 4.98 Å². The molecule has 4 rings (SSSR count). The van der Waals surface area contributed by atoms with Crippen LogP contribution in [0.5, 0.6) is 5.75 Å². The average molecular weight is 533 g/mol. The van der Waals surface area contributed by atoms with E-state index in [2.05, 4.69) is 23.5 Å². The van der Waals surface area contributed by atoms with Crippen LogP contribution in [0.15, 0.2) is 30.3 Å². The molecule has 0 spiro atoms. The number of hydrogen-bond donors (Lipinski definition) is 5. The molecule has 2 aliphatic rings. The quantitative estimate of drug-likeness (QED) is 0.232. The molecule has 38 heavy (non-hydrogen) atoms. The number of rotatable bonds is 14.